The Balaban J connectivity index is 2.04. The Hall–Kier alpha value is -2.72. The molecule has 25 heavy (non-hydrogen) atoms. The maximum absolute atomic E-state index is 12.6. The highest BCUT2D eigenvalue weighted by Crippen LogP contribution is 2.33. The molecule has 3 aromatic rings. The minimum atomic E-state index is -4.90. The number of aromatic nitrogens is 2. The Bertz CT molecular complexity index is 977. The molecule has 1 aromatic carbocycles. The summed E-state index contributed by atoms with van der Waals surface area (Å²) in [5.74, 6) is -0.721. The van der Waals surface area contributed by atoms with E-state index in [0.29, 0.717) is 16.7 Å². The molecule has 6 nitrogen and oxygen atoms in total. The van der Waals surface area contributed by atoms with Crippen LogP contribution in [-0.2, 0) is 0 Å². The van der Waals surface area contributed by atoms with E-state index in [9.17, 15) is 33.0 Å². The van der Waals surface area contributed by atoms with Crippen molar-refractivity contribution in [1.29, 1.82) is 0 Å². The number of carbonyl (C=O) groups excluding carboxylic acids is 1. The Morgan fingerprint density at radius 3 is 2.56 bits per heavy atom. The first-order valence-electron chi connectivity index (χ1n) is 6.78. The highest BCUT2D eigenvalue weighted by atomic mass is 32.1. The lowest BCUT2D eigenvalue weighted by molar-refractivity contribution is -0.207. The topological polar surface area (TPSA) is 92.4 Å². The van der Waals surface area contributed by atoms with Crippen molar-refractivity contribution in [3.8, 4) is 0 Å². The molecule has 0 amide bonds. The van der Waals surface area contributed by atoms with Gasteiger partial charge in [-0.3, -0.25) is 9.36 Å². The number of para-hydroxylation sites is 1. The van der Waals surface area contributed by atoms with Crippen LogP contribution in [-0.4, -0.2) is 37.8 Å². The van der Waals surface area contributed by atoms with Crippen LogP contribution in [0.1, 0.15) is 27.2 Å². The van der Waals surface area contributed by atoms with Gasteiger partial charge in [-0.1, -0.05) is 18.2 Å². The van der Waals surface area contributed by atoms with Crippen LogP contribution in [0.25, 0.3) is 10.9 Å². The summed E-state index contributed by atoms with van der Waals surface area (Å²) in [6, 6.07) is 6.23. The number of carbonyl (C=O) groups is 2. The van der Waals surface area contributed by atoms with Gasteiger partial charge in [-0.15, -0.1) is 11.3 Å². The summed E-state index contributed by atoms with van der Waals surface area (Å²) >= 11 is 0.646. The number of halogens is 3. The van der Waals surface area contributed by atoms with E-state index >= 15 is 0 Å². The Labute approximate surface area is 141 Å². The van der Waals surface area contributed by atoms with E-state index in [1.54, 1.807) is 12.1 Å². The number of hydrogen-bond acceptors (Lipinski definition) is 5. The highest BCUT2D eigenvalue weighted by Gasteiger charge is 2.41. The zero-order chi connectivity index (χ0) is 18.4. The normalized spacial score (nSPS) is 13.1. The molecular weight excluding hydrogens is 361 g/mol. The molecule has 2 N–H and O–H groups in total. The fourth-order valence-corrected chi connectivity index (χ4v) is 3.11. The lowest BCUT2D eigenvalue weighted by atomic mass is 10.1. The van der Waals surface area contributed by atoms with Gasteiger partial charge in [0.05, 0.1) is 16.8 Å². The number of fused-ring (bicyclic) bond motifs is 1. The molecular formula is C15H9F3N2O4S. The van der Waals surface area contributed by atoms with Crippen LogP contribution in [0.4, 0.5) is 18.0 Å². The van der Waals surface area contributed by atoms with Crippen molar-refractivity contribution in [3.05, 3.63) is 52.1 Å². The molecule has 1 atom stereocenters. The molecule has 1 unspecified atom stereocenters. The van der Waals surface area contributed by atoms with Crippen molar-refractivity contribution < 1.29 is 33.0 Å². The van der Waals surface area contributed by atoms with Crippen LogP contribution in [0.2, 0.25) is 0 Å². The molecule has 0 aliphatic heterocycles. The van der Waals surface area contributed by atoms with E-state index in [4.69, 9.17) is 0 Å². The van der Waals surface area contributed by atoms with Gasteiger partial charge in [0.25, 0.3) is 0 Å². The van der Waals surface area contributed by atoms with E-state index in [0.717, 1.165) is 16.1 Å². The third-order valence-corrected chi connectivity index (χ3v) is 4.33. The van der Waals surface area contributed by atoms with Gasteiger partial charge in [0.15, 0.2) is 11.1 Å². The Kier molecular flexibility index (Phi) is 4.09. The summed E-state index contributed by atoms with van der Waals surface area (Å²) in [5.41, 5.74) is -0.409. The fourth-order valence-electron chi connectivity index (χ4n) is 2.32. The average molecular weight is 370 g/mol. The lowest BCUT2D eigenvalue weighted by Gasteiger charge is -2.11. The van der Waals surface area contributed by atoms with E-state index in [1.165, 1.54) is 12.1 Å². The molecule has 0 aliphatic carbocycles. The van der Waals surface area contributed by atoms with E-state index in [2.05, 4.69) is 4.98 Å². The number of aliphatic hydroxyl groups excluding tert-OH is 1. The largest absolute Gasteiger partial charge is 0.464 e. The van der Waals surface area contributed by atoms with Gasteiger partial charge < -0.3 is 10.2 Å². The van der Waals surface area contributed by atoms with Gasteiger partial charge in [0, 0.05) is 17.0 Å². The van der Waals surface area contributed by atoms with Gasteiger partial charge in [-0.2, -0.15) is 13.2 Å². The average Bonchev–Trinajstić information content (AvgIpc) is 3.17. The molecule has 130 valence electrons. The van der Waals surface area contributed by atoms with Gasteiger partial charge >= 0.3 is 12.3 Å². The lowest BCUT2D eigenvalue weighted by Crippen LogP contribution is -2.20. The first-order valence-corrected chi connectivity index (χ1v) is 7.66. The van der Waals surface area contributed by atoms with Crippen molar-refractivity contribution in [2.75, 3.05) is 0 Å². The second-order valence-corrected chi connectivity index (χ2v) is 5.92. The molecule has 2 heterocycles. The second-order valence-electron chi connectivity index (χ2n) is 5.06. The number of thiazole rings is 1. The molecule has 10 heteroatoms. The van der Waals surface area contributed by atoms with Crippen LogP contribution >= 0.6 is 11.3 Å². The summed E-state index contributed by atoms with van der Waals surface area (Å²) in [5, 5.41) is 19.4. The van der Waals surface area contributed by atoms with Crippen molar-refractivity contribution >= 4 is 34.1 Å². The SMILES string of the molecule is O=C(c1nc(C(O)C(F)(F)F)cs1)c1cn(C(=O)O)c2ccccc12. The molecule has 2 aromatic heterocycles. The predicted octanol–water partition coefficient (Wildman–Crippen LogP) is 3.45. The van der Waals surface area contributed by atoms with Gasteiger partial charge in [-0.05, 0) is 6.07 Å². The minimum absolute atomic E-state index is 0.000369. The zero-order valence-electron chi connectivity index (χ0n) is 12.2. The van der Waals surface area contributed by atoms with Crippen LogP contribution < -0.4 is 0 Å². The van der Waals surface area contributed by atoms with Gasteiger partial charge in [0.2, 0.25) is 5.78 Å². The number of hydrogen-bond donors (Lipinski definition) is 2. The third kappa shape index (κ3) is 3.01. The fraction of sp³-hybridized carbons (Fsp3) is 0.133. The van der Waals surface area contributed by atoms with E-state index in [-0.39, 0.29) is 16.1 Å². The molecule has 0 bridgehead atoms. The number of alkyl halides is 3. The van der Waals surface area contributed by atoms with Crippen LogP contribution in [0.3, 0.4) is 0 Å². The third-order valence-electron chi connectivity index (χ3n) is 3.47. The highest BCUT2D eigenvalue weighted by molar-refractivity contribution is 7.12. The Morgan fingerprint density at radius 2 is 1.92 bits per heavy atom. The quantitative estimate of drug-likeness (QED) is 0.689. The van der Waals surface area contributed by atoms with Gasteiger partial charge in [-0.25, -0.2) is 9.78 Å². The number of benzene rings is 1. The van der Waals surface area contributed by atoms with Crippen LogP contribution in [0.5, 0.6) is 0 Å². The van der Waals surface area contributed by atoms with E-state index in [1.807, 2.05) is 0 Å². The van der Waals surface area contributed by atoms with Crippen molar-refractivity contribution in [1.82, 2.24) is 9.55 Å². The summed E-state index contributed by atoms with van der Waals surface area (Å²) in [6.07, 6.45) is -7.89. The van der Waals surface area contributed by atoms with E-state index < -0.39 is 29.9 Å². The molecule has 0 spiro atoms. The summed E-state index contributed by atoms with van der Waals surface area (Å²) in [7, 11) is 0. The van der Waals surface area contributed by atoms with Crippen molar-refractivity contribution in [2.45, 2.75) is 12.3 Å². The molecule has 0 fully saturated rings. The second kappa shape index (κ2) is 5.97. The number of rotatable bonds is 3. The van der Waals surface area contributed by atoms with Crippen LogP contribution in [0, 0.1) is 0 Å². The summed E-state index contributed by atoms with van der Waals surface area (Å²) < 4.78 is 38.4. The number of nitrogens with zero attached hydrogens (tertiary/aromatic N) is 2. The minimum Gasteiger partial charge on any atom is -0.464 e. The molecule has 0 radical (unpaired) electrons. The maximum Gasteiger partial charge on any atom is 0.420 e. The first-order chi connectivity index (χ1) is 11.7. The number of aliphatic hydroxyl groups is 1. The summed E-state index contributed by atoms with van der Waals surface area (Å²) in [4.78, 5) is 27.4. The molecule has 3 rings (SSSR count). The Morgan fingerprint density at radius 1 is 1.24 bits per heavy atom. The number of carboxylic acid groups (broad SMARTS) is 1. The van der Waals surface area contributed by atoms with Gasteiger partial charge in [0.1, 0.15) is 0 Å². The van der Waals surface area contributed by atoms with Crippen LogP contribution in [0.15, 0.2) is 35.8 Å². The predicted molar refractivity (Wildman–Crippen MR) is 81.9 cm³/mol. The standard InChI is InChI=1S/C15H9F3N2O4S/c16-15(17,18)12(22)9-6-25-13(19-9)11(21)8-5-20(14(23)24)10-4-2-1-3-7(8)10/h1-6,12,22H,(H,23,24). The first kappa shape index (κ1) is 17.1. The summed E-state index contributed by atoms with van der Waals surface area (Å²) in [6.45, 7) is 0. The molecule has 0 saturated carbocycles. The smallest absolute Gasteiger partial charge is 0.420 e. The monoisotopic (exact) mass is 370 g/mol. The zero-order valence-corrected chi connectivity index (χ0v) is 13.0. The van der Waals surface area contributed by atoms with Crippen molar-refractivity contribution in [3.63, 3.8) is 0 Å². The maximum atomic E-state index is 12.6. The van der Waals surface area contributed by atoms with Crippen molar-refractivity contribution in [2.24, 2.45) is 0 Å². The molecule has 0 aliphatic rings. The molecule has 0 saturated heterocycles. The number of ketones is 1.